The fourth-order valence-corrected chi connectivity index (χ4v) is 1.96. The quantitative estimate of drug-likeness (QED) is 0.389. The molecule has 1 saturated heterocycles. The number of ether oxygens (including phenoxy) is 2. The summed E-state index contributed by atoms with van der Waals surface area (Å²) in [5.74, 6) is -0.519. The summed E-state index contributed by atoms with van der Waals surface area (Å²) >= 11 is 0. The van der Waals surface area contributed by atoms with Gasteiger partial charge in [0.1, 0.15) is 0 Å². The zero-order valence-corrected chi connectivity index (χ0v) is 9.22. The average molecular weight is 225 g/mol. The molecular formula is C11H15NO4. The monoisotopic (exact) mass is 225 g/mol. The average Bonchev–Trinajstić information content (AvgIpc) is 2.22. The Kier molecular flexibility index (Phi) is 3.24. The van der Waals surface area contributed by atoms with Crippen molar-refractivity contribution in [1.82, 2.24) is 4.90 Å². The summed E-state index contributed by atoms with van der Waals surface area (Å²) in [7, 11) is 0. The van der Waals surface area contributed by atoms with Gasteiger partial charge in [-0.15, -0.1) is 0 Å². The molecule has 0 N–H and O–H groups in total. The fourth-order valence-electron chi connectivity index (χ4n) is 1.96. The van der Waals surface area contributed by atoms with E-state index in [2.05, 4.69) is 0 Å². The molecule has 0 aromatic carbocycles. The summed E-state index contributed by atoms with van der Waals surface area (Å²) in [5.41, 5.74) is 0. The van der Waals surface area contributed by atoms with E-state index in [0.717, 1.165) is 6.42 Å². The van der Waals surface area contributed by atoms with Crippen molar-refractivity contribution in [2.75, 3.05) is 13.2 Å². The van der Waals surface area contributed by atoms with Crippen LogP contribution in [0.4, 0.5) is 0 Å². The van der Waals surface area contributed by atoms with Crippen molar-refractivity contribution in [3.8, 4) is 0 Å². The molecule has 0 bridgehead atoms. The van der Waals surface area contributed by atoms with Gasteiger partial charge < -0.3 is 14.4 Å². The second kappa shape index (κ2) is 4.65. The van der Waals surface area contributed by atoms with Gasteiger partial charge in [0, 0.05) is 12.5 Å². The predicted octanol–water partition coefficient (Wildman–Crippen LogP) is 0.453. The molecule has 0 aliphatic carbocycles. The third-order valence-corrected chi connectivity index (χ3v) is 2.76. The maximum atomic E-state index is 11.6. The SMILES string of the molecule is CCOC(=O)[C@@H]1OC/C=C\C[C@@H]2CC(=O)N21. The number of hydrogen-bond donors (Lipinski definition) is 0. The van der Waals surface area contributed by atoms with E-state index in [0.29, 0.717) is 19.6 Å². The van der Waals surface area contributed by atoms with Crippen molar-refractivity contribution in [3.63, 3.8) is 0 Å². The van der Waals surface area contributed by atoms with Gasteiger partial charge in [-0.05, 0) is 13.3 Å². The first kappa shape index (κ1) is 11.1. The van der Waals surface area contributed by atoms with Gasteiger partial charge in [-0.1, -0.05) is 12.2 Å². The molecule has 2 rings (SSSR count). The number of rotatable bonds is 2. The molecule has 5 nitrogen and oxygen atoms in total. The van der Waals surface area contributed by atoms with E-state index in [9.17, 15) is 9.59 Å². The lowest BCUT2D eigenvalue weighted by Gasteiger charge is -2.44. The van der Waals surface area contributed by atoms with Crippen molar-refractivity contribution in [2.24, 2.45) is 0 Å². The zero-order chi connectivity index (χ0) is 11.5. The molecule has 1 fully saturated rings. The van der Waals surface area contributed by atoms with Gasteiger partial charge in [0.25, 0.3) is 0 Å². The Balaban J connectivity index is 2.10. The Morgan fingerprint density at radius 1 is 1.62 bits per heavy atom. The number of esters is 1. The molecule has 0 radical (unpaired) electrons. The molecular weight excluding hydrogens is 210 g/mol. The van der Waals surface area contributed by atoms with Gasteiger partial charge in [0.05, 0.1) is 13.2 Å². The van der Waals surface area contributed by atoms with Crippen molar-refractivity contribution in [1.29, 1.82) is 0 Å². The fraction of sp³-hybridized carbons (Fsp3) is 0.636. The highest BCUT2D eigenvalue weighted by atomic mass is 16.6. The summed E-state index contributed by atoms with van der Waals surface area (Å²) in [6, 6.07) is 0.0819. The van der Waals surface area contributed by atoms with E-state index in [1.54, 1.807) is 6.92 Å². The maximum Gasteiger partial charge on any atom is 0.356 e. The van der Waals surface area contributed by atoms with E-state index in [1.807, 2.05) is 12.2 Å². The van der Waals surface area contributed by atoms with Crippen LogP contribution in [0.3, 0.4) is 0 Å². The molecule has 2 aliphatic heterocycles. The van der Waals surface area contributed by atoms with Crippen LogP contribution in [0, 0.1) is 0 Å². The zero-order valence-electron chi connectivity index (χ0n) is 9.22. The molecule has 1 amide bonds. The third kappa shape index (κ3) is 1.95. The van der Waals surface area contributed by atoms with Crippen LogP contribution < -0.4 is 0 Å². The van der Waals surface area contributed by atoms with Gasteiger partial charge >= 0.3 is 5.97 Å². The molecule has 0 unspecified atom stereocenters. The number of carbonyl (C=O) groups is 2. The van der Waals surface area contributed by atoms with Crippen LogP contribution in [0.15, 0.2) is 12.2 Å². The molecule has 0 saturated carbocycles. The Bertz CT molecular complexity index is 326. The van der Waals surface area contributed by atoms with Crippen molar-refractivity contribution in [3.05, 3.63) is 12.2 Å². The van der Waals surface area contributed by atoms with Crippen molar-refractivity contribution in [2.45, 2.75) is 32.0 Å². The molecule has 2 aliphatic rings. The van der Waals surface area contributed by atoms with Crippen LogP contribution in [-0.2, 0) is 19.1 Å². The summed E-state index contributed by atoms with van der Waals surface area (Å²) in [4.78, 5) is 24.6. The van der Waals surface area contributed by atoms with E-state index in [4.69, 9.17) is 9.47 Å². The van der Waals surface area contributed by atoms with E-state index in [1.165, 1.54) is 4.90 Å². The lowest BCUT2D eigenvalue weighted by molar-refractivity contribution is -0.190. The van der Waals surface area contributed by atoms with Crippen LogP contribution in [-0.4, -0.2) is 42.3 Å². The number of carbonyl (C=O) groups excluding carboxylic acids is 2. The van der Waals surface area contributed by atoms with Crippen LogP contribution in [0.1, 0.15) is 19.8 Å². The standard InChI is InChI=1S/C11H15NO4/c1-2-15-11(14)10-12-8(7-9(12)13)5-3-4-6-16-10/h3-4,8,10H,2,5-7H2,1H3/b4-3-/t8-,10+/m1/s1. The first-order valence-corrected chi connectivity index (χ1v) is 5.48. The number of amides is 1. The smallest absolute Gasteiger partial charge is 0.356 e. The molecule has 0 aromatic rings. The highest BCUT2D eigenvalue weighted by molar-refractivity contribution is 5.88. The second-order valence-corrected chi connectivity index (χ2v) is 3.80. The minimum Gasteiger partial charge on any atom is -0.463 e. The topological polar surface area (TPSA) is 55.8 Å². The molecule has 2 atom stereocenters. The van der Waals surface area contributed by atoms with Gasteiger partial charge in [-0.25, -0.2) is 4.79 Å². The minimum atomic E-state index is -0.865. The molecule has 2 heterocycles. The van der Waals surface area contributed by atoms with Crippen molar-refractivity contribution >= 4 is 11.9 Å². The summed E-state index contributed by atoms with van der Waals surface area (Å²) in [5, 5.41) is 0. The molecule has 0 aromatic heterocycles. The minimum absolute atomic E-state index is 0.0432. The first-order chi connectivity index (χ1) is 7.74. The van der Waals surface area contributed by atoms with Crippen LogP contribution in [0.5, 0.6) is 0 Å². The number of hydrogen-bond acceptors (Lipinski definition) is 4. The normalized spacial score (nSPS) is 30.8. The molecule has 5 heteroatoms. The summed E-state index contributed by atoms with van der Waals surface area (Å²) in [6.07, 6.45) is 4.25. The lowest BCUT2D eigenvalue weighted by Crippen LogP contribution is -2.61. The van der Waals surface area contributed by atoms with E-state index >= 15 is 0 Å². The second-order valence-electron chi connectivity index (χ2n) is 3.80. The van der Waals surface area contributed by atoms with E-state index in [-0.39, 0.29) is 11.9 Å². The number of nitrogens with zero attached hydrogens (tertiary/aromatic N) is 1. The highest BCUT2D eigenvalue weighted by Gasteiger charge is 2.44. The van der Waals surface area contributed by atoms with Crippen molar-refractivity contribution < 1.29 is 19.1 Å². The van der Waals surface area contributed by atoms with Gasteiger partial charge in [0.2, 0.25) is 12.1 Å². The highest BCUT2D eigenvalue weighted by Crippen LogP contribution is 2.27. The van der Waals surface area contributed by atoms with Gasteiger partial charge in [0.15, 0.2) is 0 Å². The largest absolute Gasteiger partial charge is 0.463 e. The maximum absolute atomic E-state index is 11.6. The summed E-state index contributed by atoms with van der Waals surface area (Å²) < 4.78 is 10.2. The number of fused-ring (bicyclic) bond motifs is 1. The molecule has 88 valence electrons. The summed E-state index contributed by atoms with van der Waals surface area (Å²) in [6.45, 7) is 2.36. The Labute approximate surface area is 94.0 Å². The number of β-lactam (4-membered cyclic amide) rings is 1. The predicted molar refractivity (Wildman–Crippen MR) is 55.4 cm³/mol. The van der Waals surface area contributed by atoms with Gasteiger partial charge in [-0.3, -0.25) is 4.79 Å². The van der Waals surface area contributed by atoms with E-state index < -0.39 is 12.2 Å². The van der Waals surface area contributed by atoms with Crippen LogP contribution >= 0.6 is 0 Å². The van der Waals surface area contributed by atoms with Crippen LogP contribution in [0.25, 0.3) is 0 Å². The third-order valence-electron chi connectivity index (χ3n) is 2.76. The Hall–Kier alpha value is -1.36. The van der Waals surface area contributed by atoms with Gasteiger partial charge in [-0.2, -0.15) is 0 Å². The Morgan fingerprint density at radius 3 is 3.12 bits per heavy atom. The molecule has 16 heavy (non-hydrogen) atoms. The molecule has 0 spiro atoms. The van der Waals surface area contributed by atoms with Crippen LogP contribution in [0.2, 0.25) is 0 Å². The Morgan fingerprint density at radius 2 is 2.44 bits per heavy atom. The lowest BCUT2D eigenvalue weighted by atomic mass is 9.97. The first-order valence-electron chi connectivity index (χ1n) is 5.48.